The number of fused-ring (bicyclic) bond motifs is 7. The topological polar surface area (TPSA) is 66.8 Å². The molecule has 0 amide bonds. The highest BCUT2D eigenvalue weighted by molar-refractivity contribution is 5.81. The molecule has 36 heavy (non-hydrogen) atoms. The number of carboxylic acids is 1. The minimum absolute atomic E-state index is 0.0471. The number of carboxylic acid groups (broad SMARTS) is 1. The zero-order valence-electron chi connectivity index (χ0n) is 23.8. The summed E-state index contributed by atoms with van der Waals surface area (Å²) < 4.78 is 6.09. The zero-order chi connectivity index (χ0) is 26.3. The van der Waals surface area contributed by atoms with Crippen molar-refractivity contribution < 1.29 is 19.7 Å². The molecule has 3 fully saturated rings. The summed E-state index contributed by atoms with van der Waals surface area (Å²) in [5, 5.41) is 22.2. The van der Waals surface area contributed by atoms with Gasteiger partial charge in [-0.1, -0.05) is 65.3 Å². The van der Waals surface area contributed by atoms with Gasteiger partial charge in [0.15, 0.2) is 0 Å². The average Bonchev–Trinajstić information content (AvgIpc) is 2.82. The number of aliphatic carboxylic acids is 1. The van der Waals surface area contributed by atoms with Gasteiger partial charge in [0.2, 0.25) is 0 Å². The standard InChI is InChI=1S/C32H50O4/c1-8-36-19-31-16-11-20(2)21(3)26(31)22-9-10-24-29(6)14-13-25(33)28(4,5)23(29)12-15-30(24,7)32(22,18-17-31)27(34)35/h9,11,16,20-21,23-26,33H,8,10,12-15,17-19H2,1-7H3,(H,34,35)/t20-,21+,23-,24-,25+,26+,29+,30-,31-,32-/m1/s1. The van der Waals surface area contributed by atoms with E-state index in [1.54, 1.807) is 0 Å². The molecule has 0 saturated heterocycles. The Labute approximate surface area is 219 Å². The largest absolute Gasteiger partial charge is 0.481 e. The molecular weight excluding hydrogens is 448 g/mol. The van der Waals surface area contributed by atoms with Crippen molar-refractivity contribution in [3.05, 3.63) is 23.8 Å². The molecule has 202 valence electrons. The Bertz CT molecular complexity index is 965. The lowest BCUT2D eigenvalue weighted by Gasteiger charge is -2.70. The predicted octanol–water partition coefficient (Wildman–Crippen LogP) is 6.88. The van der Waals surface area contributed by atoms with E-state index in [-0.39, 0.29) is 33.7 Å². The first-order valence-corrected chi connectivity index (χ1v) is 14.7. The zero-order valence-corrected chi connectivity index (χ0v) is 23.8. The number of hydrogen-bond acceptors (Lipinski definition) is 3. The summed E-state index contributed by atoms with van der Waals surface area (Å²) in [5.41, 5.74) is -0.0654. The molecule has 5 aliphatic rings. The van der Waals surface area contributed by atoms with Crippen LogP contribution in [0.15, 0.2) is 23.8 Å². The van der Waals surface area contributed by atoms with Gasteiger partial charge in [-0.05, 0) is 97.7 Å². The molecule has 0 aliphatic heterocycles. The van der Waals surface area contributed by atoms with Crippen LogP contribution < -0.4 is 0 Å². The summed E-state index contributed by atoms with van der Waals surface area (Å²) in [6.07, 6.45) is 13.2. The van der Waals surface area contributed by atoms with Crippen molar-refractivity contribution in [3.63, 3.8) is 0 Å². The van der Waals surface area contributed by atoms with Gasteiger partial charge < -0.3 is 14.9 Å². The molecule has 2 N–H and O–H groups in total. The molecule has 0 bridgehead atoms. The van der Waals surface area contributed by atoms with E-state index in [1.165, 1.54) is 5.57 Å². The number of aliphatic hydroxyl groups excluding tert-OH is 1. The fraction of sp³-hybridized carbons (Fsp3) is 0.844. The van der Waals surface area contributed by atoms with Gasteiger partial charge >= 0.3 is 5.97 Å². The number of hydrogen-bond donors (Lipinski definition) is 2. The minimum Gasteiger partial charge on any atom is -0.481 e. The SMILES string of the molecule is CCOC[C@]12C=C[C@@H](C)[C@H](C)[C@H]1C1=CC[C@@H]3[C@@]4(C)CC[C@H](O)C(C)(C)[C@H]4CC[C@@]3(C)[C@]1(C(=O)O)CC2. The van der Waals surface area contributed by atoms with E-state index in [1.807, 2.05) is 0 Å². The van der Waals surface area contributed by atoms with Crippen LogP contribution in [0.1, 0.15) is 93.4 Å². The third kappa shape index (κ3) is 3.15. The molecule has 0 aromatic carbocycles. The van der Waals surface area contributed by atoms with Crippen LogP contribution in [0.2, 0.25) is 0 Å². The lowest BCUT2D eigenvalue weighted by atomic mass is 9.33. The molecule has 0 radical (unpaired) electrons. The smallest absolute Gasteiger partial charge is 0.314 e. The van der Waals surface area contributed by atoms with Crippen LogP contribution in [0, 0.1) is 56.7 Å². The van der Waals surface area contributed by atoms with Crippen molar-refractivity contribution in [2.45, 2.75) is 99.5 Å². The van der Waals surface area contributed by atoms with E-state index in [9.17, 15) is 15.0 Å². The summed E-state index contributed by atoms with van der Waals surface area (Å²) in [6.45, 7) is 17.4. The fourth-order valence-corrected chi connectivity index (χ4v) is 10.8. The highest BCUT2D eigenvalue weighted by Gasteiger charge is 2.72. The Morgan fingerprint density at radius 1 is 1.06 bits per heavy atom. The molecule has 3 saturated carbocycles. The van der Waals surface area contributed by atoms with Crippen LogP contribution in [-0.4, -0.2) is 35.5 Å². The summed E-state index contributed by atoms with van der Waals surface area (Å²) in [5.74, 6) is 1.16. The molecule has 0 unspecified atom stereocenters. The Morgan fingerprint density at radius 3 is 2.44 bits per heavy atom. The first-order chi connectivity index (χ1) is 16.8. The fourth-order valence-electron chi connectivity index (χ4n) is 10.8. The molecule has 0 heterocycles. The van der Waals surface area contributed by atoms with E-state index < -0.39 is 11.4 Å². The van der Waals surface area contributed by atoms with Gasteiger partial charge in [-0.2, -0.15) is 0 Å². The maximum Gasteiger partial charge on any atom is 0.314 e. The summed E-state index contributed by atoms with van der Waals surface area (Å²) in [6, 6.07) is 0. The van der Waals surface area contributed by atoms with Gasteiger partial charge in [0.05, 0.1) is 18.1 Å². The van der Waals surface area contributed by atoms with Crippen LogP contribution in [0.5, 0.6) is 0 Å². The van der Waals surface area contributed by atoms with Gasteiger partial charge in [0.1, 0.15) is 0 Å². The minimum atomic E-state index is -0.816. The normalized spacial score (nSPS) is 51.3. The van der Waals surface area contributed by atoms with E-state index in [4.69, 9.17) is 4.74 Å². The Kier molecular flexibility index (Phi) is 6.20. The molecule has 0 spiro atoms. The summed E-state index contributed by atoms with van der Waals surface area (Å²) in [7, 11) is 0. The maximum absolute atomic E-state index is 13.7. The van der Waals surface area contributed by atoms with E-state index in [2.05, 4.69) is 66.7 Å². The predicted molar refractivity (Wildman–Crippen MR) is 143 cm³/mol. The van der Waals surface area contributed by atoms with Gasteiger partial charge in [-0.3, -0.25) is 4.79 Å². The summed E-state index contributed by atoms with van der Waals surface area (Å²) >= 11 is 0. The molecular formula is C32H50O4. The van der Waals surface area contributed by atoms with Crippen LogP contribution in [-0.2, 0) is 9.53 Å². The number of allylic oxidation sites excluding steroid dienone is 2. The number of carbonyl (C=O) groups is 1. The average molecular weight is 499 g/mol. The highest BCUT2D eigenvalue weighted by atomic mass is 16.5. The van der Waals surface area contributed by atoms with Crippen LogP contribution in [0.3, 0.4) is 0 Å². The van der Waals surface area contributed by atoms with Crippen molar-refractivity contribution in [2.75, 3.05) is 13.2 Å². The molecule has 5 rings (SSSR count). The van der Waals surface area contributed by atoms with E-state index >= 15 is 0 Å². The second-order valence-corrected chi connectivity index (χ2v) is 14.5. The quantitative estimate of drug-likeness (QED) is 0.415. The lowest BCUT2D eigenvalue weighted by molar-refractivity contribution is -0.213. The van der Waals surface area contributed by atoms with Crippen molar-refractivity contribution in [1.29, 1.82) is 0 Å². The van der Waals surface area contributed by atoms with Crippen LogP contribution in [0.4, 0.5) is 0 Å². The van der Waals surface area contributed by atoms with Crippen molar-refractivity contribution in [1.82, 2.24) is 0 Å². The second kappa shape index (κ2) is 8.43. The third-order valence-electron chi connectivity index (χ3n) is 13.0. The molecule has 4 heteroatoms. The molecule has 4 nitrogen and oxygen atoms in total. The van der Waals surface area contributed by atoms with Gasteiger partial charge in [0.25, 0.3) is 0 Å². The van der Waals surface area contributed by atoms with Gasteiger partial charge in [-0.15, -0.1) is 0 Å². The second-order valence-electron chi connectivity index (χ2n) is 14.5. The first-order valence-electron chi connectivity index (χ1n) is 14.7. The summed E-state index contributed by atoms with van der Waals surface area (Å²) in [4.78, 5) is 13.7. The third-order valence-corrected chi connectivity index (χ3v) is 13.0. The highest BCUT2D eigenvalue weighted by Crippen LogP contribution is 2.75. The molecule has 10 atom stereocenters. The number of rotatable bonds is 4. The first kappa shape index (κ1) is 26.5. The van der Waals surface area contributed by atoms with Gasteiger partial charge in [0, 0.05) is 12.0 Å². The molecule has 0 aromatic rings. The number of ether oxygens (including phenoxy) is 1. The number of aliphatic hydroxyl groups is 1. The van der Waals surface area contributed by atoms with Crippen LogP contribution in [0.25, 0.3) is 0 Å². The lowest BCUT2D eigenvalue weighted by Crippen LogP contribution is -2.67. The Hall–Kier alpha value is -1.13. The molecule has 0 aromatic heterocycles. The Balaban J connectivity index is 1.66. The maximum atomic E-state index is 13.7. The van der Waals surface area contributed by atoms with Gasteiger partial charge in [-0.25, -0.2) is 0 Å². The Morgan fingerprint density at radius 2 is 1.78 bits per heavy atom. The van der Waals surface area contributed by atoms with Crippen LogP contribution >= 0.6 is 0 Å². The van der Waals surface area contributed by atoms with Crippen molar-refractivity contribution >= 4 is 5.97 Å². The monoisotopic (exact) mass is 498 g/mol. The van der Waals surface area contributed by atoms with E-state index in [0.717, 1.165) is 38.5 Å². The van der Waals surface area contributed by atoms with Crippen molar-refractivity contribution in [3.8, 4) is 0 Å². The van der Waals surface area contributed by atoms with E-state index in [0.29, 0.717) is 43.3 Å². The van der Waals surface area contributed by atoms with Crippen molar-refractivity contribution in [2.24, 2.45) is 56.7 Å². The molecule has 5 aliphatic carbocycles.